The number of amides is 1. The standard InChI is InChI=1S/C14H23N3O/c1-4-11(5-2)9-16-14(18)12-7-6-10(3)8-13(12)17-15/h6-8,11,17H,4-5,9,15H2,1-3H3,(H,16,18). The molecule has 0 aliphatic heterocycles. The Bertz CT molecular complexity index is 400. The van der Waals surface area contributed by atoms with Crippen molar-refractivity contribution >= 4 is 11.6 Å². The van der Waals surface area contributed by atoms with E-state index in [1.54, 1.807) is 6.07 Å². The molecule has 0 heterocycles. The lowest BCUT2D eigenvalue weighted by Crippen LogP contribution is -2.30. The minimum Gasteiger partial charge on any atom is -0.352 e. The third-order valence-electron chi connectivity index (χ3n) is 3.28. The smallest absolute Gasteiger partial charge is 0.253 e. The second-order valence-corrected chi connectivity index (χ2v) is 4.59. The summed E-state index contributed by atoms with van der Waals surface area (Å²) >= 11 is 0. The van der Waals surface area contributed by atoms with Crippen molar-refractivity contribution in [1.82, 2.24) is 5.32 Å². The van der Waals surface area contributed by atoms with E-state index in [0.29, 0.717) is 23.7 Å². The molecule has 0 bridgehead atoms. The maximum Gasteiger partial charge on any atom is 0.253 e. The summed E-state index contributed by atoms with van der Waals surface area (Å²) in [6.45, 7) is 6.95. The monoisotopic (exact) mass is 249 g/mol. The molecular formula is C14H23N3O. The van der Waals surface area contributed by atoms with Gasteiger partial charge in [0, 0.05) is 6.54 Å². The Morgan fingerprint density at radius 1 is 1.33 bits per heavy atom. The van der Waals surface area contributed by atoms with Crippen LogP contribution in [0.25, 0.3) is 0 Å². The largest absolute Gasteiger partial charge is 0.352 e. The molecule has 1 aromatic carbocycles. The van der Waals surface area contributed by atoms with Gasteiger partial charge in [-0.25, -0.2) is 0 Å². The molecule has 0 radical (unpaired) electrons. The predicted octanol–water partition coefficient (Wildman–Crippen LogP) is 2.45. The van der Waals surface area contributed by atoms with Crippen molar-refractivity contribution in [2.45, 2.75) is 33.6 Å². The van der Waals surface area contributed by atoms with Gasteiger partial charge in [-0.15, -0.1) is 0 Å². The van der Waals surface area contributed by atoms with Crippen LogP contribution in [0.15, 0.2) is 18.2 Å². The molecule has 0 atom stereocenters. The molecule has 0 aliphatic carbocycles. The van der Waals surface area contributed by atoms with E-state index in [9.17, 15) is 4.79 Å². The van der Waals surface area contributed by atoms with Crippen molar-refractivity contribution in [1.29, 1.82) is 0 Å². The molecule has 0 saturated heterocycles. The van der Waals surface area contributed by atoms with Crippen LogP contribution in [0.3, 0.4) is 0 Å². The van der Waals surface area contributed by atoms with Gasteiger partial charge in [-0.05, 0) is 30.5 Å². The fraction of sp³-hybridized carbons (Fsp3) is 0.500. The number of carbonyl (C=O) groups is 1. The summed E-state index contributed by atoms with van der Waals surface area (Å²) in [6.07, 6.45) is 2.15. The average molecular weight is 249 g/mol. The zero-order valence-electron chi connectivity index (χ0n) is 11.4. The van der Waals surface area contributed by atoms with Crippen molar-refractivity contribution in [2.75, 3.05) is 12.0 Å². The van der Waals surface area contributed by atoms with Crippen LogP contribution in [0.2, 0.25) is 0 Å². The molecule has 1 aromatic rings. The van der Waals surface area contributed by atoms with Crippen molar-refractivity contribution < 1.29 is 4.79 Å². The second kappa shape index (κ2) is 7.01. The molecule has 0 spiro atoms. The van der Waals surface area contributed by atoms with Crippen LogP contribution < -0.4 is 16.6 Å². The highest BCUT2D eigenvalue weighted by Crippen LogP contribution is 2.16. The van der Waals surface area contributed by atoms with Gasteiger partial charge < -0.3 is 10.7 Å². The van der Waals surface area contributed by atoms with Crippen LogP contribution in [-0.2, 0) is 0 Å². The highest BCUT2D eigenvalue weighted by atomic mass is 16.1. The molecular weight excluding hydrogens is 226 g/mol. The van der Waals surface area contributed by atoms with Gasteiger partial charge in [0.05, 0.1) is 11.3 Å². The first kappa shape index (κ1) is 14.5. The van der Waals surface area contributed by atoms with Gasteiger partial charge in [-0.2, -0.15) is 0 Å². The third-order valence-corrected chi connectivity index (χ3v) is 3.28. The number of nitrogens with two attached hydrogens (primary N) is 1. The predicted molar refractivity (Wildman–Crippen MR) is 75.4 cm³/mol. The molecule has 0 unspecified atom stereocenters. The fourth-order valence-corrected chi connectivity index (χ4v) is 1.89. The van der Waals surface area contributed by atoms with Crippen molar-refractivity contribution in [3.8, 4) is 0 Å². The second-order valence-electron chi connectivity index (χ2n) is 4.59. The van der Waals surface area contributed by atoms with E-state index in [4.69, 9.17) is 5.84 Å². The summed E-state index contributed by atoms with van der Waals surface area (Å²) in [5.74, 6) is 5.90. The zero-order valence-corrected chi connectivity index (χ0v) is 11.4. The maximum atomic E-state index is 12.1. The topological polar surface area (TPSA) is 67.2 Å². The Kier molecular flexibility index (Phi) is 5.65. The summed E-state index contributed by atoms with van der Waals surface area (Å²) in [5.41, 5.74) is 4.90. The van der Waals surface area contributed by atoms with E-state index in [1.807, 2.05) is 19.1 Å². The Balaban J connectivity index is 2.72. The van der Waals surface area contributed by atoms with Crippen LogP contribution in [0.5, 0.6) is 0 Å². The quantitative estimate of drug-likeness (QED) is 0.536. The van der Waals surface area contributed by atoms with Gasteiger partial charge in [0.1, 0.15) is 0 Å². The molecule has 0 aliphatic rings. The van der Waals surface area contributed by atoms with Gasteiger partial charge >= 0.3 is 0 Å². The first-order valence-corrected chi connectivity index (χ1v) is 6.47. The Morgan fingerprint density at radius 2 is 2.00 bits per heavy atom. The van der Waals surface area contributed by atoms with E-state index in [0.717, 1.165) is 18.4 Å². The summed E-state index contributed by atoms with van der Waals surface area (Å²) in [4.78, 5) is 12.1. The Hall–Kier alpha value is -1.55. The minimum atomic E-state index is -0.0742. The first-order valence-electron chi connectivity index (χ1n) is 6.47. The Morgan fingerprint density at radius 3 is 2.56 bits per heavy atom. The fourth-order valence-electron chi connectivity index (χ4n) is 1.89. The number of hydrogen-bond acceptors (Lipinski definition) is 3. The molecule has 100 valence electrons. The number of carbonyl (C=O) groups excluding carboxylic acids is 1. The molecule has 1 rings (SSSR count). The summed E-state index contributed by atoms with van der Waals surface area (Å²) in [7, 11) is 0. The van der Waals surface area contributed by atoms with Gasteiger partial charge in [-0.1, -0.05) is 32.8 Å². The number of hydrazine groups is 1. The van der Waals surface area contributed by atoms with Crippen LogP contribution in [0, 0.1) is 12.8 Å². The molecule has 1 amide bonds. The van der Waals surface area contributed by atoms with Gasteiger partial charge in [-0.3, -0.25) is 10.6 Å². The number of aryl methyl sites for hydroxylation is 1. The maximum absolute atomic E-state index is 12.1. The third kappa shape index (κ3) is 3.74. The van der Waals surface area contributed by atoms with E-state index in [-0.39, 0.29) is 5.91 Å². The molecule has 4 heteroatoms. The zero-order chi connectivity index (χ0) is 13.5. The van der Waals surface area contributed by atoms with Crippen molar-refractivity contribution in [3.63, 3.8) is 0 Å². The van der Waals surface area contributed by atoms with Gasteiger partial charge in [0.2, 0.25) is 0 Å². The summed E-state index contributed by atoms with van der Waals surface area (Å²) < 4.78 is 0. The van der Waals surface area contributed by atoms with E-state index in [1.165, 1.54) is 0 Å². The number of benzene rings is 1. The molecule has 0 fully saturated rings. The minimum absolute atomic E-state index is 0.0742. The number of rotatable bonds is 6. The highest BCUT2D eigenvalue weighted by Gasteiger charge is 2.12. The first-order chi connectivity index (χ1) is 8.62. The van der Waals surface area contributed by atoms with Crippen LogP contribution in [0.1, 0.15) is 42.6 Å². The lowest BCUT2D eigenvalue weighted by molar-refractivity contribution is 0.0947. The van der Waals surface area contributed by atoms with E-state index < -0.39 is 0 Å². The normalized spacial score (nSPS) is 10.5. The van der Waals surface area contributed by atoms with Crippen molar-refractivity contribution in [2.24, 2.45) is 11.8 Å². The molecule has 4 N–H and O–H groups in total. The van der Waals surface area contributed by atoms with Gasteiger partial charge in [0.15, 0.2) is 0 Å². The number of nitrogen functional groups attached to an aromatic ring is 1. The summed E-state index contributed by atoms with van der Waals surface area (Å²) in [5, 5.41) is 2.96. The van der Waals surface area contributed by atoms with E-state index >= 15 is 0 Å². The lowest BCUT2D eigenvalue weighted by atomic mass is 10.0. The molecule has 0 saturated carbocycles. The molecule has 4 nitrogen and oxygen atoms in total. The number of hydrogen-bond donors (Lipinski definition) is 3. The molecule has 0 aromatic heterocycles. The highest BCUT2D eigenvalue weighted by molar-refractivity contribution is 5.99. The average Bonchev–Trinajstić information content (AvgIpc) is 2.39. The Labute approximate surface area is 109 Å². The lowest BCUT2D eigenvalue weighted by Gasteiger charge is -2.15. The van der Waals surface area contributed by atoms with Crippen LogP contribution in [0.4, 0.5) is 5.69 Å². The molecule has 18 heavy (non-hydrogen) atoms. The number of nitrogens with one attached hydrogen (secondary N) is 2. The van der Waals surface area contributed by atoms with Crippen LogP contribution >= 0.6 is 0 Å². The van der Waals surface area contributed by atoms with Crippen LogP contribution in [-0.4, -0.2) is 12.5 Å². The van der Waals surface area contributed by atoms with Crippen molar-refractivity contribution in [3.05, 3.63) is 29.3 Å². The summed E-state index contributed by atoms with van der Waals surface area (Å²) in [6, 6.07) is 5.58. The van der Waals surface area contributed by atoms with Gasteiger partial charge in [0.25, 0.3) is 5.91 Å². The van der Waals surface area contributed by atoms with E-state index in [2.05, 4.69) is 24.6 Å². The number of anilines is 1. The SMILES string of the molecule is CCC(CC)CNC(=O)c1ccc(C)cc1NN.